The molecule has 0 fully saturated rings. The highest BCUT2D eigenvalue weighted by molar-refractivity contribution is 6.18. The van der Waals surface area contributed by atoms with Crippen molar-refractivity contribution in [2.75, 3.05) is 19.0 Å². The highest BCUT2D eigenvalue weighted by Crippen LogP contribution is 2.34. The van der Waals surface area contributed by atoms with Crippen LogP contribution in [0.1, 0.15) is 38.2 Å². The number of benzene rings is 1. The molecular weight excluding hydrogens is 274 g/mol. The number of hydrogen-bond donors (Lipinski definition) is 1. The van der Waals surface area contributed by atoms with E-state index in [0.717, 1.165) is 24.2 Å². The standard InChI is InChI=1S/C16H22ClNO2/c1-3-16(4-2,10-17)11-18-15(19)13-9-20-14-8-6-5-7-12(13)14/h5-8,13H,3-4,9-11H2,1-2H3,(H,18,19). The van der Waals surface area contributed by atoms with Gasteiger partial charge in [-0.1, -0.05) is 32.0 Å². The summed E-state index contributed by atoms with van der Waals surface area (Å²) in [6.07, 6.45) is 1.93. The maximum atomic E-state index is 12.4. The highest BCUT2D eigenvalue weighted by Gasteiger charge is 2.32. The summed E-state index contributed by atoms with van der Waals surface area (Å²) in [4.78, 5) is 12.4. The third-order valence-corrected chi connectivity index (χ3v) is 5.00. The average molecular weight is 296 g/mol. The fourth-order valence-electron chi connectivity index (χ4n) is 2.51. The summed E-state index contributed by atoms with van der Waals surface area (Å²) in [6, 6.07) is 7.73. The second kappa shape index (κ2) is 6.49. The van der Waals surface area contributed by atoms with Crippen LogP contribution in [0.5, 0.6) is 5.75 Å². The molecule has 1 aliphatic heterocycles. The molecule has 1 amide bonds. The number of fused-ring (bicyclic) bond motifs is 1. The molecule has 1 aromatic carbocycles. The smallest absolute Gasteiger partial charge is 0.231 e. The zero-order valence-corrected chi connectivity index (χ0v) is 12.9. The molecule has 4 heteroatoms. The number of alkyl halides is 1. The van der Waals surface area contributed by atoms with Crippen LogP contribution in [0.4, 0.5) is 0 Å². The van der Waals surface area contributed by atoms with Crippen molar-refractivity contribution in [3.63, 3.8) is 0 Å². The lowest BCUT2D eigenvalue weighted by molar-refractivity contribution is -0.123. The lowest BCUT2D eigenvalue weighted by atomic mass is 9.84. The number of carbonyl (C=O) groups is 1. The van der Waals surface area contributed by atoms with E-state index in [1.807, 2.05) is 24.3 Å². The van der Waals surface area contributed by atoms with Gasteiger partial charge < -0.3 is 10.1 Å². The minimum Gasteiger partial charge on any atom is -0.492 e. The Hall–Kier alpha value is -1.22. The fraction of sp³-hybridized carbons (Fsp3) is 0.562. The van der Waals surface area contributed by atoms with Crippen molar-refractivity contribution in [2.24, 2.45) is 5.41 Å². The molecule has 110 valence electrons. The van der Waals surface area contributed by atoms with Crippen LogP contribution in [0.3, 0.4) is 0 Å². The van der Waals surface area contributed by atoms with Gasteiger partial charge in [-0.2, -0.15) is 0 Å². The summed E-state index contributed by atoms with van der Waals surface area (Å²) < 4.78 is 5.56. The molecule has 0 spiro atoms. The molecule has 1 aromatic rings. The maximum absolute atomic E-state index is 12.4. The Morgan fingerprint density at radius 1 is 1.40 bits per heavy atom. The first-order chi connectivity index (χ1) is 9.65. The van der Waals surface area contributed by atoms with Gasteiger partial charge >= 0.3 is 0 Å². The van der Waals surface area contributed by atoms with Crippen LogP contribution in [-0.2, 0) is 4.79 Å². The van der Waals surface area contributed by atoms with E-state index < -0.39 is 0 Å². The molecule has 1 unspecified atom stereocenters. The van der Waals surface area contributed by atoms with Crippen molar-refractivity contribution in [1.82, 2.24) is 5.32 Å². The summed E-state index contributed by atoms with van der Waals surface area (Å²) in [6.45, 7) is 5.29. The molecule has 3 nitrogen and oxygen atoms in total. The van der Waals surface area contributed by atoms with Crippen molar-refractivity contribution >= 4 is 17.5 Å². The van der Waals surface area contributed by atoms with Crippen molar-refractivity contribution in [3.8, 4) is 5.75 Å². The van der Waals surface area contributed by atoms with Gasteiger partial charge in [-0.3, -0.25) is 4.79 Å². The molecule has 1 N–H and O–H groups in total. The van der Waals surface area contributed by atoms with Crippen LogP contribution in [0.15, 0.2) is 24.3 Å². The molecule has 0 saturated heterocycles. The second-order valence-electron chi connectivity index (χ2n) is 5.46. The minimum atomic E-state index is -0.201. The second-order valence-corrected chi connectivity index (χ2v) is 5.73. The largest absolute Gasteiger partial charge is 0.492 e. The number of hydrogen-bond acceptors (Lipinski definition) is 2. The first-order valence-electron chi connectivity index (χ1n) is 7.21. The van der Waals surface area contributed by atoms with Gasteiger partial charge in [0.25, 0.3) is 0 Å². The highest BCUT2D eigenvalue weighted by atomic mass is 35.5. The van der Waals surface area contributed by atoms with Gasteiger partial charge in [-0.15, -0.1) is 11.6 Å². The monoisotopic (exact) mass is 295 g/mol. The minimum absolute atomic E-state index is 0.00377. The molecule has 0 radical (unpaired) electrons. The number of rotatable bonds is 6. The Morgan fingerprint density at radius 3 is 2.75 bits per heavy atom. The Balaban J connectivity index is 2.00. The topological polar surface area (TPSA) is 38.3 Å². The Labute approximate surface area is 125 Å². The Morgan fingerprint density at radius 2 is 2.10 bits per heavy atom. The fourth-order valence-corrected chi connectivity index (χ4v) is 2.99. The van der Waals surface area contributed by atoms with E-state index in [0.29, 0.717) is 19.0 Å². The van der Waals surface area contributed by atoms with E-state index in [9.17, 15) is 4.79 Å². The third-order valence-electron chi connectivity index (χ3n) is 4.44. The summed E-state index contributed by atoms with van der Waals surface area (Å²) >= 11 is 6.07. The molecule has 1 atom stereocenters. The van der Waals surface area contributed by atoms with Gasteiger partial charge in [-0.25, -0.2) is 0 Å². The number of ether oxygens (including phenoxy) is 1. The first kappa shape index (κ1) is 15.2. The molecular formula is C16H22ClNO2. The Bertz CT molecular complexity index is 463. The number of halogens is 1. The van der Waals surface area contributed by atoms with Crippen molar-refractivity contribution < 1.29 is 9.53 Å². The van der Waals surface area contributed by atoms with E-state index in [4.69, 9.17) is 16.3 Å². The van der Waals surface area contributed by atoms with E-state index in [1.165, 1.54) is 0 Å². The van der Waals surface area contributed by atoms with E-state index in [-0.39, 0.29) is 17.2 Å². The summed E-state index contributed by atoms with van der Waals surface area (Å²) in [7, 11) is 0. The molecule has 0 aromatic heterocycles. The normalized spacial score (nSPS) is 17.4. The molecule has 0 saturated carbocycles. The Kier molecular flexibility index (Phi) is 4.92. The summed E-state index contributed by atoms with van der Waals surface area (Å²) in [5.41, 5.74) is 0.977. The van der Waals surface area contributed by atoms with Gasteiger partial charge in [0, 0.05) is 23.4 Å². The predicted octanol–water partition coefficient (Wildman–Crippen LogP) is 3.32. The number of carbonyl (C=O) groups excluding carboxylic acids is 1. The van der Waals surface area contributed by atoms with Gasteiger partial charge in [0.2, 0.25) is 5.91 Å². The van der Waals surface area contributed by atoms with Crippen LogP contribution < -0.4 is 10.1 Å². The first-order valence-corrected chi connectivity index (χ1v) is 7.74. The molecule has 0 bridgehead atoms. The lowest BCUT2D eigenvalue weighted by Gasteiger charge is -2.29. The summed E-state index contributed by atoms with van der Waals surface area (Å²) in [5.74, 6) is 1.22. The molecule has 1 aliphatic rings. The zero-order chi connectivity index (χ0) is 14.6. The number of nitrogens with one attached hydrogen (secondary N) is 1. The molecule has 20 heavy (non-hydrogen) atoms. The SMILES string of the molecule is CCC(CC)(CCl)CNC(=O)C1COc2ccccc21. The number of para-hydroxylation sites is 1. The molecule has 0 aliphatic carbocycles. The van der Waals surface area contributed by atoms with Gasteiger partial charge in [0.1, 0.15) is 18.3 Å². The van der Waals surface area contributed by atoms with E-state index >= 15 is 0 Å². The van der Waals surface area contributed by atoms with Gasteiger partial charge in [0.15, 0.2) is 0 Å². The van der Waals surface area contributed by atoms with E-state index in [2.05, 4.69) is 19.2 Å². The van der Waals surface area contributed by atoms with Crippen LogP contribution >= 0.6 is 11.6 Å². The quantitative estimate of drug-likeness (QED) is 0.818. The third kappa shape index (κ3) is 2.93. The molecule has 1 heterocycles. The number of amides is 1. The van der Waals surface area contributed by atoms with Crippen LogP contribution in [0.2, 0.25) is 0 Å². The van der Waals surface area contributed by atoms with Crippen LogP contribution in [0.25, 0.3) is 0 Å². The van der Waals surface area contributed by atoms with Crippen LogP contribution in [0, 0.1) is 5.41 Å². The zero-order valence-electron chi connectivity index (χ0n) is 12.1. The van der Waals surface area contributed by atoms with Gasteiger partial charge in [0.05, 0.1) is 0 Å². The van der Waals surface area contributed by atoms with Gasteiger partial charge in [-0.05, 0) is 18.9 Å². The van der Waals surface area contributed by atoms with Crippen molar-refractivity contribution in [2.45, 2.75) is 32.6 Å². The maximum Gasteiger partial charge on any atom is 0.231 e. The van der Waals surface area contributed by atoms with Crippen molar-refractivity contribution in [3.05, 3.63) is 29.8 Å². The predicted molar refractivity (Wildman–Crippen MR) is 81.4 cm³/mol. The molecule has 2 rings (SSSR count). The van der Waals surface area contributed by atoms with Crippen LogP contribution in [-0.4, -0.2) is 24.9 Å². The lowest BCUT2D eigenvalue weighted by Crippen LogP contribution is -2.40. The summed E-state index contributed by atoms with van der Waals surface area (Å²) in [5, 5.41) is 3.06. The van der Waals surface area contributed by atoms with Crippen molar-refractivity contribution in [1.29, 1.82) is 0 Å². The average Bonchev–Trinajstić information content (AvgIpc) is 2.93. The van der Waals surface area contributed by atoms with E-state index in [1.54, 1.807) is 0 Å².